The molecule has 1 saturated heterocycles. The molecule has 1 heterocycles. The predicted octanol–water partition coefficient (Wildman–Crippen LogP) is 3.16. The Labute approximate surface area is 136 Å². The van der Waals surface area contributed by atoms with Crippen LogP contribution < -0.4 is 0 Å². The average molecular weight is 307 g/mol. The van der Waals surface area contributed by atoms with Gasteiger partial charge < -0.3 is 4.74 Å². The number of benzene rings is 2. The van der Waals surface area contributed by atoms with Crippen molar-refractivity contribution in [3.63, 3.8) is 0 Å². The Morgan fingerprint density at radius 2 is 1.78 bits per heavy atom. The van der Waals surface area contributed by atoms with Crippen molar-refractivity contribution in [2.75, 3.05) is 26.3 Å². The minimum atomic E-state index is -0.0888. The van der Waals surface area contributed by atoms with Gasteiger partial charge in [0.05, 0.1) is 19.3 Å². The summed E-state index contributed by atoms with van der Waals surface area (Å²) in [4.78, 5) is 15.3. The molecular formula is C20H21NO2. The molecule has 4 rings (SSSR count). The van der Waals surface area contributed by atoms with Crippen LogP contribution in [-0.4, -0.2) is 43.0 Å². The number of nitrogens with zero attached hydrogens (tertiary/aromatic N) is 1. The van der Waals surface area contributed by atoms with Crippen LogP contribution >= 0.6 is 0 Å². The van der Waals surface area contributed by atoms with Crippen LogP contribution in [0.5, 0.6) is 0 Å². The monoisotopic (exact) mass is 307 g/mol. The summed E-state index contributed by atoms with van der Waals surface area (Å²) < 4.78 is 5.40. The first kappa shape index (κ1) is 14.6. The van der Waals surface area contributed by atoms with E-state index in [0.717, 1.165) is 38.3 Å². The van der Waals surface area contributed by atoms with Crippen LogP contribution in [0.3, 0.4) is 0 Å². The Bertz CT molecular complexity index is 747. The first-order valence-corrected chi connectivity index (χ1v) is 8.32. The topological polar surface area (TPSA) is 29.5 Å². The summed E-state index contributed by atoms with van der Waals surface area (Å²) in [5.41, 5.74) is 5.90. The standard InChI is InChI=1S/C20H21NO2/c1-14(21-9-11-23-12-10-21)20(22)18-8-4-7-17-16-6-3-2-5-15(16)13-19(17)18/h2-8,14H,9-13H2,1H3. The van der Waals surface area contributed by atoms with Gasteiger partial charge in [0, 0.05) is 18.7 Å². The molecule has 0 saturated carbocycles. The quantitative estimate of drug-likeness (QED) is 0.696. The molecule has 0 N–H and O–H groups in total. The van der Waals surface area contributed by atoms with E-state index in [-0.39, 0.29) is 11.8 Å². The number of Topliss-reactive ketones (excluding diaryl/α,β-unsaturated/α-hetero) is 1. The van der Waals surface area contributed by atoms with Gasteiger partial charge in [-0.25, -0.2) is 0 Å². The summed E-state index contributed by atoms with van der Waals surface area (Å²) in [6.07, 6.45) is 0.864. The maximum Gasteiger partial charge on any atom is 0.179 e. The van der Waals surface area contributed by atoms with Crippen molar-refractivity contribution in [2.24, 2.45) is 0 Å². The Morgan fingerprint density at radius 3 is 2.61 bits per heavy atom. The van der Waals surface area contributed by atoms with Crippen LogP contribution in [0, 0.1) is 0 Å². The third-order valence-corrected chi connectivity index (χ3v) is 5.09. The predicted molar refractivity (Wildman–Crippen MR) is 90.9 cm³/mol. The highest BCUT2D eigenvalue weighted by Gasteiger charge is 2.28. The molecule has 23 heavy (non-hydrogen) atoms. The number of hydrogen-bond donors (Lipinski definition) is 0. The zero-order valence-electron chi connectivity index (χ0n) is 13.4. The third kappa shape index (κ3) is 2.50. The number of morpholine rings is 1. The van der Waals surface area contributed by atoms with Crippen molar-refractivity contribution in [1.82, 2.24) is 4.90 Å². The molecule has 0 amide bonds. The second-order valence-corrected chi connectivity index (χ2v) is 6.35. The number of fused-ring (bicyclic) bond motifs is 3. The summed E-state index contributed by atoms with van der Waals surface area (Å²) in [7, 11) is 0. The van der Waals surface area contributed by atoms with Gasteiger partial charge in [0.25, 0.3) is 0 Å². The molecular weight excluding hydrogens is 286 g/mol. The van der Waals surface area contributed by atoms with Gasteiger partial charge in [0.15, 0.2) is 5.78 Å². The molecule has 0 aromatic heterocycles. The molecule has 1 aliphatic carbocycles. The number of rotatable bonds is 3. The molecule has 0 bridgehead atoms. The fraction of sp³-hybridized carbons (Fsp3) is 0.350. The van der Waals surface area contributed by atoms with E-state index in [1.54, 1.807) is 0 Å². The number of carbonyl (C=O) groups excluding carboxylic acids is 1. The minimum absolute atomic E-state index is 0.0888. The summed E-state index contributed by atoms with van der Waals surface area (Å²) >= 11 is 0. The number of ether oxygens (including phenoxy) is 1. The molecule has 3 heteroatoms. The largest absolute Gasteiger partial charge is 0.379 e. The Morgan fingerprint density at radius 1 is 1.04 bits per heavy atom. The van der Waals surface area contributed by atoms with E-state index >= 15 is 0 Å². The molecule has 1 atom stereocenters. The average Bonchev–Trinajstić information content (AvgIpc) is 3.00. The second kappa shape index (κ2) is 5.91. The van der Waals surface area contributed by atoms with Crippen LogP contribution in [0.2, 0.25) is 0 Å². The lowest BCUT2D eigenvalue weighted by Crippen LogP contribution is -2.46. The molecule has 1 aliphatic heterocycles. The van der Waals surface area contributed by atoms with Gasteiger partial charge in [0.2, 0.25) is 0 Å². The molecule has 1 fully saturated rings. The fourth-order valence-corrected chi connectivity index (χ4v) is 3.74. The summed E-state index contributed by atoms with van der Waals surface area (Å²) in [6.45, 7) is 5.13. The summed E-state index contributed by atoms with van der Waals surface area (Å²) in [5, 5.41) is 0. The lowest BCUT2D eigenvalue weighted by atomic mass is 9.95. The summed E-state index contributed by atoms with van der Waals surface area (Å²) in [6, 6.07) is 14.5. The van der Waals surface area contributed by atoms with Gasteiger partial charge in [-0.15, -0.1) is 0 Å². The van der Waals surface area contributed by atoms with Crippen molar-refractivity contribution in [3.05, 3.63) is 59.2 Å². The SMILES string of the molecule is CC(C(=O)c1cccc2c1Cc1ccccc1-2)N1CCOCC1. The van der Waals surface area contributed by atoms with Crippen molar-refractivity contribution in [2.45, 2.75) is 19.4 Å². The van der Waals surface area contributed by atoms with E-state index in [1.165, 1.54) is 22.3 Å². The van der Waals surface area contributed by atoms with Crippen molar-refractivity contribution in [1.29, 1.82) is 0 Å². The molecule has 118 valence electrons. The first-order valence-electron chi connectivity index (χ1n) is 8.32. The lowest BCUT2D eigenvalue weighted by molar-refractivity contribution is 0.0208. The maximum absolute atomic E-state index is 13.1. The van der Waals surface area contributed by atoms with E-state index in [4.69, 9.17) is 4.74 Å². The van der Waals surface area contributed by atoms with Crippen LogP contribution in [0.15, 0.2) is 42.5 Å². The van der Waals surface area contributed by atoms with E-state index < -0.39 is 0 Å². The molecule has 1 unspecified atom stereocenters. The van der Waals surface area contributed by atoms with E-state index in [0.29, 0.717) is 0 Å². The van der Waals surface area contributed by atoms with Crippen molar-refractivity contribution < 1.29 is 9.53 Å². The molecule has 0 radical (unpaired) electrons. The van der Waals surface area contributed by atoms with Crippen molar-refractivity contribution >= 4 is 5.78 Å². The maximum atomic E-state index is 13.1. The highest BCUT2D eigenvalue weighted by molar-refractivity contribution is 6.03. The Kier molecular flexibility index (Phi) is 3.76. The van der Waals surface area contributed by atoms with Gasteiger partial charge in [-0.3, -0.25) is 9.69 Å². The van der Waals surface area contributed by atoms with Gasteiger partial charge in [-0.2, -0.15) is 0 Å². The number of carbonyl (C=O) groups is 1. The van der Waals surface area contributed by atoms with Crippen LogP contribution in [-0.2, 0) is 11.2 Å². The van der Waals surface area contributed by atoms with E-state index in [1.807, 2.05) is 19.1 Å². The lowest BCUT2D eigenvalue weighted by Gasteiger charge is -2.31. The van der Waals surface area contributed by atoms with Crippen LogP contribution in [0.25, 0.3) is 11.1 Å². The van der Waals surface area contributed by atoms with Gasteiger partial charge >= 0.3 is 0 Å². The molecule has 2 aromatic rings. The fourth-order valence-electron chi connectivity index (χ4n) is 3.74. The Balaban J connectivity index is 1.67. The van der Waals surface area contributed by atoms with E-state index in [2.05, 4.69) is 35.2 Å². The minimum Gasteiger partial charge on any atom is -0.379 e. The normalized spacial score (nSPS) is 18.3. The third-order valence-electron chi connectivity index (χ3n) is 5.09. The zero-order valence-corrected chi connectivity index (χ0v) is 13.4. The number of ketones is 1. The van der Waals surface area contributed by atoms with Gasteiger partial charge in [-0.05, 0) is 35.6 Å². The van der Waals surface area contributed by atoms with Crippen LogP contribution in [0.1, 0.15) is 28.4 Å². The van der Waals surface area contributed by atoms with Crippen molar-refractivity contribution in [3.8, 4) is 11.1 Å². The molecule has 0 spiro atoms. The van der Waals surface area contributed by atoms with Gasteiger partial charge in [-0.1, -0.05) is 42.5 Å². The first-order chi connectivity index (χ1) is 11.3. The smallest absolute Gasteiger partial charge is 0.179 e. The van der Waals surface area contributed by atoms with Crippen LogP contribution in [0.4, 0.5) is 0 Å². The molecule has 2 aliphatic rings. The van der Waals surface area contributed by atoms with Gasteiger partial charge in [0.1, 0.15) is 0 Å². The molecule has 3 nitrogen and oxygen atoms in total. The van der Waals surface area contributed by atoms with E-state index in [9.17, 15) is 4.79 Å². The highest BCUT2D eigenvalue weighted by Crippen LogP contribution is 2.38. The highest BCUT2D eigenvalue weighted by atomic mass is 16.5. The summed E-state index contributed by atoms with van der Waals surface area (Å²) in [5.74, 6) is 0.233. The molecule has 2 aromatic carbocycles. The Hall–Kier alpha value is -1.97. The zero-order chi connectivity index (χ0) is 15.8. The number of hydrogen-bond acceptors (Lipinski definition) is 3. The second-order valence-electron chi connectivity index (χ2n) is 6.35.